The van der Waals surface area contributed by atoms with Crippen molar-refractivity contribution in [1.29, 1.82) is 0 Å². The Morgan fingerprint density at radius 1 is 1.03 bits per heavy atom. The van der Waals surface area contributed by atoms with Crippen molar-refractivity contribution in [2.45, 2.75) is 71.0 Å². The number of carbonyl (C=O) groups excluding carboxylic acids is 2. The van der Waals surface area contributed by atoms with Crippen molar-refractivity contribution in [3.05, 3.63) is 65.2 Å². The van der Waals surface area contributed by atoms with Crippen molar-refractivity contribution in [2.75, 3.05) is 5.75 Å². The molecule has 0 aliphatic rings. The van der Waals surface area contributed by atoms with Crippen LogP contribution >= 0.6 is 11.8 Å². The van der Waals surface area contributed by atoms with Gasteiger partial charge in [-0.15, -0.1) is 11.8 Å². The Hall–Kier alpha value is -2.27. The minimum absolute atomic E-state index is 0.0296. The van der Waals surface area contributed by atoms with Crippen LogP contribution in [0, 0.1) is 13.8 Å². The van der Waals surface area contributed by atoms with Crippen molar-refractivity contribution in [2.24, 2.45) is 0 Å². The molecule has 0 unspecified atom stereocenters. The zero-order chi connectivity index (χ0) is 22.3. The van der Waals surface area contributed by atoms with Crippen LogP contribution in [0.1, 0.15) is 50.8 Å². The molecular formula is C25H34N2O2S. The topological polar surface area (TPSA) is 49.4 Å². The first-order valence-corrected chi connectivity index (χ1v) is 11.4. The highest BCUT2D eigenvalue weighted by molar-refractivity contribution is 8.00. The zero-order valence-corrected chi connectivity index (χ0v) is 19.8. The lowest BCUT2D eigenvalue weighted by molar-refractivity contribution is -0.140. The molecule has 0 aliphatic heterocycles. The molecule has 0 bridgehead atoms. The van der Waals surface area contributed by atoms with Gasteiger partial charge in [-0.05, 0) is 58.7 Å². The fourth-order valence-corrected chi connectivity index (χ4v) is 4.03. The molecule has 0 spiro atoms. The molecule has 4 nitrogen and oxygen atoms in total. The highest BCUT2D eigenvalue weighted by Gasteiger charge is 2.30. The number of nitrogens with one attached hydrogen (secondary N) is 1. The summed E-state index contributed by atoms with van der Waals surface area (Å²) in [5, 5.41) is 3.04. The summed E-state index contributed by atoms with van der Waals surface area (Å²) in [4.78, 5) is 29.0. The number of rotatable bonds is 8. The predicted molar refractivity (Wildman–Crippen MR) is 126 cm³/mol. The molecule has 1 atom stereocenters. The van der Waals surface area contributed by atoms with Gasteiger partial charge in [0, 0.05) is 17.0 Å². The van der Waals surface area contributed by atoms with Gasteiger partial charge in [0.25, 0.3) is 0 Å². The quantitative estimate of drug-likeness (QED) is 0.596. The van der Waals surface area contributed by atoms with Crippen LogP contribution in [0.15, 0.2) is 53.4 Å². The van der Waals surface area contributed by atoms with E-state index in [4.69, 9.17) is 0 Å². The Labute approximate surface area is 185 Å². The Morgan fingerprint density at radius 2 is 1.70 bits per heavy atom. The number of thioether (sulfide) groups is 1. The van der Waals surface area contributed by atoms with E-state index < -0.39 is 6.04 Å². The van der Waals surface area contributed by atoms with E-state index in [0.717, 1.165) is 16.0 Å². The standard InChI is InChI=1S/C25H34N2O2S/c1-7-22(24(29)26-25(4,5)6)27(16-20-10-8-9-19(3)15-20)23(28)17-30-21-13-11-18(2)12-14-21/h8-15,22H,7,16-17H2,1-6H3,(H,26,29)/t22-/m0/s1. The molecular weight excluding hydrogens is 392 g/mol. The van der Waals surface area contributed by atoms with E-state index in [9.17, 15) is 9.59 Å². The summed E-state index contributed by atoms with van der Waals surface area (Å²) in [5.74, 6) is 0.165. The third-order valence-corrected chi connectivity index (χ3v) is 5.70. The minimum atomic E-state index is -0.504. The van der Waals surface area contributed by atoms with Crippen molar-refractivity contribution < 1.29 is 9.59 Å². The van der Waals surface area contributed by atoms with Gasteiger partial charge in [-0.25, -0.2) is 0 Å². The summed E-state index contributed by atoms with van der Waals surface area (Å²) < 4.78 is 0. The largest absolute Gasteiger partial charge is 0.350 e. The van der Waals surface area contributed by atoms with E-state index in [1.54, 1.807) is 4.90 Å². The molecule has 1 N–H and O–H groups in total. The molecule has 0 heterocycles. The van der Waals surface area contributed by atoms with Crippen LogP contribution in [-0.4, -0.2) is 34.0 Å². The van der Waals surface area contributed by atoms with Crippen molar-refractivity contribution in [3.8, 4) is 0 Å². The number of amides is 2. The summed E-state index contributed by atoms with van der Waals surface area (Å²) in [6, 6.07) is 15.7. The number of benzene rings is 2. The smallest absolute Gasteiger partial charge is 0.243 e. The molecule has 2 aromatic carbocycles. The molecule has 0 saturated heterocycles. The van der Waals surface area contributed by atoms with Gasteiger partial charge in [-0.3, -0.25) is 9.59 Å². The third-order valence-electron chi connectivity index (χ3n) is 4.70. The van der Waals surface area contributed by atoms with E-state index >= 15 is 0 Å². The first-order chi connectivity index (χ1) is 14.1. The van der Waals surface area contributed by atoms with Crippen molar-refractivity contribution in [1.82, 2.24) is 10.2 Å². The van der Waals surface area contributed by atoms with Crippen LogP contribution in [0.4, 0.5) is 0 Å². The second kappa shape index (κ2) is 10.7. The Kier molecular flexibility index (Phi) is 8.54. The van der Waals surface area contributed by atoms with Gasteiger partial charge in [-0.2, -0.15) is 0 Å². The van der Waals surface area contributed by atoms with Crippen LogP contribution in [0.25, 0.3) is 0 Å². The first-order valence-electron chi connectivity index (χ1n) is 10.5. The molecule has 0 saturated carbocycles. The number of hydrogen-bond donors (Lipinski definition) is 1. The second-order valence-corrected chi connectivity index (χ2v) is 9.82. The molecule has 162 valence electrons. The summed E-state index contributed by atoms with van der Waals surface area (Å²) in [6.45, 7) is 12.3. The normalized spacial score (nSPS) is 12.3. The lowest BCUT2D eigenvalue weighted by atomic mass is 10.1. The Morgan fingerprint density at radius 3 is 2.27 bits per heavy atom. The molecule has 5 heteroatoms. The number of nitrogens with zero attached hydrogens (tertiary/aromatic N) is 1. The Bertz CT molecular complexity index is 856. The van der Waals surface area contributed by atoms with Gasteiger partial charge < -0.3 is 10.2 Å². The summed E-state index contributed by atoms with van der Waals surface area (Å²) in [7, 11) is 0. The molecule has 2 aromatic rings. The minimum Gasteiger partial charge on any atom is -0.350 e. The van der Waals surface area contributed by atoms with Crippen molar-refractivity contribution >= 4 is 23.6 Å². The fraction of sp³-hybridized carbons (Fsp3) is 0.440. The van der Waals surface area contributed by atoms with Gasteiger partial charge in [0.2, 0.25) is 11.8 Å². The van der Waals surface area contributed by atoms with Gasteiger partial charge in [0.15, 0.2) is 0 Å². The average Bonchev–Trinajstić information content (AvgIpc) is 2.66. The van der Waals surface area contributed by atoms with Crippen LogP contribution in [0.5, 0.6) is 0 Å². The lowest BCUT2D eigenvalue weighted by Gasteiger charge is -2.33. The second-order valence-electron chi connectivity index (χ2n) is 8.78. The number of carbonyl (C=O) groups is 2. The molecule has 0 radical (unpaired) electrons. The molecule has 2 amide bonds. The summed E-state index contributed by atoms with van der Waals surface area (Å²) in [5.41, 5.74) is 3.02. The maximum absolute atomic E-state index is 13.3. The molecule has 0 aromatic heterocycles. The lowest BCUT2D eigenvalue weighted by Crippen LogP contribution is -2.53. The first kappa shape index (κ1) is 24.0. The molecule has 0 aliphatic carbocycles. The van der Waals surface area contributed by atoms with Crippen molar-refractivity contribution in [3.63, 3.8) is 0 Å². The monoisotopic (exact) mass is 426 g/mol. The highest BCUT2D eigenvalue weighted by Crippen LogP contribution is 2.21. The van der Waals surface area contributed by atoms with Gasteiger partial charge in [-0.1, -0.05) is 54.4 Å². The van der Waals surface area contributed by atoms with Gasteiger partial charge in [0.1, 0.15) is 6.04 Å². The van der Waals surface area contributed by atoms with Crippen LogP contribution in [0.2, 0.25) is 0 Å². The summed E-state index contributed by atoms with van der Waals surface area (Å²) in [6.07, 6.45) is 0.564. The van der Waals surface area contributed by atoms with E-state index in [1.807, 2.05) is 84.0 Å². The highest BCUT2D eigenvalue weighted by atomic mass is 32.2. The zero-order valence-electron chi connectivity index (χ0n) is 19.0. The molecule has 0 fully saturated rings. The van der Waals surface area contributed by atoms with Crippen LogP contribution in [-0.2, 0) is 16.1 Å². The van der Waals surface area contributed by atoms with Crippen LogP contribution in [0.3, 0.4) is 0 Å². The fourth-order valence-electron chi connectivity index (χ4n) is 3.24. The number of aryl methyl sites for hydroxylation is 2. The average molecular weight is 427 g/mol. The molecule has 30 heavy (non-hydrogen) atoms. The predicted octanol–water partition coefficient (Wildman–Crippen LogP) is 5.12. The SMILES string of the molecule is CC[C@@H](C(=O)NC(C)(C)C)N(Cc1cccc(C)c1)C(=O)CSc1ccc(C)cc1. The van der Waals surface area contributed by atoms with E-state index in [-0.39, 0.29) is 17.4 Å². The third kappa shape index (κ3) is 7.52. The van der Waals surface area contributed by atoms with Gasteiger partial charge >= 0.3 is 0 Å². The van der Waals surface area contributed by atoms with E-state index in [1.165, 1.54) is 17.3 Å². The summed E-state index contributed by atoms with van der Waals surface area (Å²) >= 11 is 1.51. The van der Waals surface area contributed by atoms with Gasteiger partial charge in [0.05, 0.1) is 5.75 Å². The molecule has 2 rings (SSSR count). The van der Waals surface area contributed by atoms with Crippen LogP contribution < -0.4 is 5.32 Å². The van der Waals surface area contributed by atoms with E-state index in [2.05, 4.69) is 11.4 Å². The van der Waals surface area contributed by atoms with E-state index in [0.29, 0.717) is 18.7 Å². The number of hydrogen-bond acceptors (Lipinski definition) is 3. The maximum Gasteiger partial charge on any atom is 0.243 e. The Balaban J connectivity index is 2.22. The maximum atomic E-state index is 13.3.